The normalized spacial score (nSPS) is 12.9. The Labute approximate surface area is 199 Å². The van der Waals surface area contributed by atoms with Crippen LogP contribution in [0.3, 0.4) is 0 Å². The van der Waals surface area contributed by atoms with E-state index in [0.29, 0.717) is 16.9 Å². The quantitative estimate of drug-likeness (QED) is 0.329. The molecule has 2 aromatic heterocycles. The zero-order valence-electron chi connectivity index (χ0n) is 18.9. The predicted octanol–water partition coefficient (Wildman–Crippen LogP) is 3.45. The summed E-state index contributed by atoms with van der Waals surface area (Å²) in [6, 6.07) is 16.7. The molecule has 35 heavy (non-hydrogen) atoms. The Kier molecular flexibility index (Phi) is 5.74. The first-order valence-electron chi connectivity index (χ1n) is 11.3. The average molecular weight is 470 g/mol. The van der Waals surface area contributed by atoms with Crippen LogP contribution >= 0.6 is 0 Å². The van der Waals surface area contributed by atoms with Gasteiger partial charge < -0.3 is 10.1 Å². The van der Waals surface area contributed by atoms with E-state index in [2.05, 4.69) is 15.3 Å². The molecule has 1 amide bonds. The highest BCUT2D eigenvalue weighted by Gasteiger charge is 2.29. The van der Waals surface area contributed by atoms with Gasteiger partial charge in [0.05, 0.1) is 10.9 Å². The van der Waals surface area contributed by atoms with E-state index in [1.165, 1.54) is 4.57 Å². The van der Waals surface area contributed by atoms with Gasteiger partial charge in [0.1, 0.15) is 5.75 Å². The fourth-order valence-corrected chi connectivity index (χ4v) is 3.90. The van der Waals surface area contributed by atoms with Crippen LogP contribution in [0.15, 0.2) is 70.3 Å². The van der Waals surface area contributed by atoms with Gasteiger partial charge in [0.2, 0.25) is 0 Å². The van der Waals surface area contributed by atoms with E-state index in [0.717, 1.165) is 12.8 Å². The van der Waals surface area contributed by atoms with Gasteiger partial charge in [-0.1, -0.05) is 18.2 Å². The number of nitrogens with zero attached hydrogens (tertiary/aromatic N) is 2. The van der Waals surface area contributed by atoms with E-state index in [1.807, 2.05) is 6.07 Å². The van der Waals surface area contributed by atoms with E-state index in [1.54, 1.807) is 61.5 Å². The minimum atomic E-state index is -0.729. The molecule has 4 aromatic rings. The summed E-state index contributed by atoms with van der Waals surface area (Å²) in [5.74, 6) is -0.552. The minimum Gasteiger partial charge on any atom is -0.423 e. The number of nitrogens with one attached hydrogen (secondary N) is 2. The highest BCUT2D eigenvalue weighted by molar-refractivity contribution is 6.04. The molecule has 0 radical (unpaired) electrons. The van der Waals surface area contributed by atoms with Gasteiger partial charge >= 0.3 is 11.7 Å². The highest BCUT2D eigenvalue weighted by Crippen LogP contribution is 2.40. The molecule has 9 nitrogen and oxygen atoms in total. The fraction of sp³-hybridized carbons (Fsp3) is 0.192. The van der Waals surface area contributed by atoms with Crippen LogP contribution in [-0.2, 0) is 6.54 Å². The monoisotopic (exact) mass is 470 g/mol. The molecule has 1 saturated carbocycles. The predicted molar refractivity (Wildman–Crippen MR) is 130 cm³/mol. The second kappa shape index (κ2) is 9.02. The van der Waals surface area contributed by atoms with Crippen LogP contribution in [0.2, 0.25) is 0 Å². The number of aromatic amines is 1. The number of rotatable bonds is 6. The molecule has 2 N–H and O–H groups in total. The van der Waals surface area contributed by atoms with Crippen LogP contribution in [0.5, 0.6) is 5.75 Å². The summed E-state index contributed by atoms with van der Waals surface area (Å²) in [6.45, 7) is 2.05. The molecule has 1 fully saturated rings. The first kappa shape index (κ1) is 22.3. The van der Waals surface area contributed by atoms with Gasteiger partial charge in [0.15, 0.2) is 5.65 Å². The number of amides is 1. The molecule has 5 rings (SSSR count). The largest absolute Gasteiger partial charge is 0.423 e. The number of carbonyl (C=O) groups excluding carboxylic acids is 2. The Morgan fingerprint density at radius 3 is 2.46 bits per heavy atom. The number of H-pyrrole nitrogens is 1. The van der Waals surface area contributed by atoms with Crippen molar-refractivity contribution in [1.82, 2.24) is 14.5 Å². The van der Waals surface area contributed by atoms with Gasteiger partial charge in [-0.15, -0.1) is 0 Å². The molecule has 0 bridgehead atoms. The lowest BCUT2D eigenvalue weighted by atomic mass is 10.1. The average Bonchev–Trinajstić information content (AvgIpc) is 3.71. The maximum Gasteiger partial charge on any atom is 0.344 e. The van der Waals surface area contributed by atoms with E-state index in [9.17, 15) is 19.2 Å². The van der Waals surface area contributed by atoms with E-state index < -0.39 is 17.2 Å². The minimum absolute atomic E-state index is 0.0209. The molecule has 0 unspecified atom stereocenters. The molecular formula is C26H22N4O5. The third-order valence-corrected chi connectivity index (χ3v) is 5.86. The second-order valence-corrected chi connectivity index (χ2v) is 8.31. The first-order chi connectivity index (χ1) is 16.9. The van der Waals surface area contributed by atoms with E-state index >= 15 is 0 Å². The van der Waals surface area contributed by atoms with Crippen molar-refractivity contribution in [2.75, 3.05) is 5.32 Å². The number of hydrogen-bond acceptors (Lipinski definition) is 6. The lowest BCUT2D eigenvalue weighted by molar-refractivity contribution is 0.0736. The second-order valence-electron chi connectivity index (χ2n) is 8.31. The Morgan fingerprint density at radius 2 is 1.80 bits per heavy atom. The third kappa shape index (κ3) is 4.48. The number of pyridine rings is 1. The van der Waals surface area contributed by atoms with Gasteiger partial charge in [-0.05, 0) is 62.2 Å². The zero-order chi connectivity index (χ0) is 24.5. The first-order valence-corrected chi connectivity index (χ1v) is 11.3. The summed E-state index contributed by atoms with van der Waals surface area (Å²) in [5.41, 5.74) is 0.699. The number of carbonyl (C=O) groups is 2. The molecule has 0 aliphatic heterocycles. The molecular weight excluding hydrogens is 448 g/mol. The molecule has 176 valence electrons. The van der Waals surface area contributed by atoms with Crippen molar-refractivity contribution in [2.24, 2.45) is 0 Å². The standard InChI is InChI=1S/C26H22N4O5/c1-2-30-22-21(24(32)29-26(30)34)19(14-20(28-22)15-8-9-15)25(33)35-18-12-10-17(11-13-18)27-23(31)16-6-4-3-5-7-16/h3-7,10-15H,2,8-9H2,1H3,(H,27,31)(H,29,32,34). The lowest BCUT2D eigenvalue weighted by Gasteiger charge is -2.12. The van der Waals surface area contributed by atoms with Gasteiger partial charge in [0.25, 0.3) is 11.5 Å². The smallest absolute Gasteiger partial charge is 0.344 e. The van der Waals surface area contributed by atoms with Crippen molar-refractivity contribution in [3.63, 3.8) is 0 Å². The van der Waals surface area contributed by atoms with Crippen LogP contribution in [-0.4, -0.2) is 26.4 Å². The lowest BCUT2D eigenvalue weighted by Crippen LogP contribution is -2.32. The molecule has 9 heteroatoms. The van der Waals surface area contributed by atoms with Crippen molar-refractivity contribution in [3.8, 4) is 5.75 Å². The van der Waals surface area contributed by atoms with Crippen LogP contribution in [0.1, 0.15) is 52.1 Å². The summed E-state index contributed by atoms with van der Waals surface area (Å²) in [4.78, 5) is 57.2. The Hall–Kier alpha value is -4.53. The number of benzene rings is 2. The molecule has 0 saturated heterocycles. The van der Waals surface area contributed by atoms with Crippen LogP contribution in [0, 0.1) is 0 Å². The number of esters is 1. The number of aryl methyl sites for hydroxylation is 1. The van der Waals surface area contributed by atoms with Crippen molar-refractivity contribution in [1.29, 1.82) is 0 Å². The zero-order valence-corrected chi connectivity index (χ0v) is 18.9. The maximum atomic E-state index is 13.1. The van der Waals surface area contributed by atoms with Gasteiger partial charge in [-0.2, -0.15) is 0 Å². The van der Waals surface area contributed by atoms with Gasteiger partial charge in [0, 0.05) is 29.4 Å². The van der Waals surface area contributed by atoms with Crippen LogP contribution < -0.4 is 21.3 Å². The maximum absolute atomic E-state index is 13.1. The van der Waals surface area contributed by atoms with E-state index in [4.69, 9.17) is 4.74 Å². The van der Waals surface area contributed by atoms with Crippen molar-refractivity contribution >= 4 is 28.6 Å². The highest BCUT2D eigenvalue weighted by atomic mass is 16.5. The Morgan fingerprint density at radius 1 is 1.09 bits per heavy atom. The van der Waals surface area contributed by atoms with Crippen molar-refractivity contribution in [2.45, 2.75) is 32.2 Å². The Balaban J connectivity index is 1.43. The fourth-order valence-electron chi connectivity index (χ4n) is 3.90. The van der Waals surface area contributed by atoms with Gasteiger partial charge in [-0.25, -0.2) is 14.6 Å². The SMILES string of the molecule is CCn1c(=O)[nH]c(=O)c2c(C(=O)Oc3ccc(NC(=O)c4ccccc4)cc3)cc(C3CC3)nc21. The number of fused-ring (bicyclic) bond motifs is 1. The van der Waals surface area contributed by atoms with Crippen molar-refractivity contribution < 1.29 is 14.3 Å². The third-order valence-electron chi connectivity index (χ3n) is 5.86. The molecule has 2 heterocycles. The number of ether oxygens (including phenoxy) is 1. The summed E-state index contributed by atoms with van der Waals surface area (Å²) >= 11 is 0. The molecule has 0 spiro atoms. The molecule has 1 aliphatic rings. The van der Waals surface area contributed by atoms with Crippen molar-refractivity contribution in [3.05, 3.63) is 98.3 Å². The number of hydrogen-bond donors (Lipinski definition) is 2. The van der Waals surface area contributed by atoms with Gasteiger partial charge in [-0.3, -0.25) is 19.1 Å². The Bertz CT molecular complexity index is 1550. The topological polar surface area (TPSA) is 123 Å². The summed E-state index contributed by atoms with van der Waals surface area (Å²) in [7, 11) is 0. The summed E-state index contributed by atoms with van der Waals surface area (Å²) in [6.07, 6.45) is 1.87. The molecule has 1 aliphatic carbocycles. The summed E-state index contributed by atoms with van der Waals surface area (Å²) < 4.78 is 6.88. The number of anilines is 1. The van der Waals surface area contributed by atoms with Crippen LogP contribution in [0.4, 0.5) is 5.69 Å². The van der Waals surface area contributed by atoms with E-state index in [-0.39, 0.29) is 40.7 Å². The molecule has 2 aromatic carbocycles. The molecule has 0 atom stereocenters. The summed E-state index contributed by atoms with van der Waals surface area (Å²) in [5, 5.41) is 2.80. The number of aromatic nitrogens is 3. The van der Waals surface area contributed by atoms with Crippen LogP contribution in [0.25, 0.3) is 11.0 Å².